The van der Waals surface area contributed by atoms with Crippen molar-refractivity contribution in [2.45, 2.75) is 6.61 Å². The van der Waals surface area contributed by atoms with E-state index in [1.807, 2.05) is 0 Å². The van der Waals surface area contributed by atoms with Gasteiger partial charge in [0.15, 0.2) is 0 Å². The van der Waals surface area contributed by atoms with Crippen molar-refractivity contribution in [1.82, 2.24) is 0 Å². The zero-order valence-corrected chi connectivity index (χ0v) is 14.1. The van der Waals surface area contributed by atoms with Crippen LogP contribution in [0.15, 0.2) is 36.4 Å². The summed E-state index contributed by atoms with van der Waals surface area (Å²) in [5.74, 6) is 1.75. The standard InChI is InChI=1S/C18H20O6/c1-20-13-6-8-16(22-3)12(9-13)11-24-18(19)15-7-5-14(21-2)10-17(15)23-4/h5-10H,11H2,1-4H3. The molecule has 0 heterocycles. The van der Waals surface area contributed by atoms with Gasteiger partial charge in [0.1, 0.15) is 35.2 Å². The molecule has 0 radical (unpaired) electrons. The lowest BCUT2D eigenvalue weighted by molar-refractivity contribution is 0.0466. The molecular weight excluding hydrogens is 312 g/mol. The highest BCUT2D eigenvalue weighted by molar-refractivity contribution is 5.92. The fraction of sp³-hybridized carbons (Fsp3) is 0.278. The van der Waals surface area contributed by atoms with Gasteiger partial charge >= 0.3 is 5.97 Å². The van der Waals surface area contributed by atoms with Crippen LogP contribution in [0.25, 0.3) is 0 Å². The summed E-state index contributed by atoms with van der Waals surface area (Å²) in [4.78, 5) is 12.3. The van der Waals surface area contributed by atoms with E-state index in [2.05, 4.69) is 0 Å². The Labute approximate surface area is 140 Å². The minimum absolute atomic E-state index is 0.0500. The summed E-state index contributed by atoms with van der Waals surface area (Å²) in [6.45, 7) is 0.0500. The van der Waals surface area contributed by atoms with Crippen LogP contribution in [0.3, 0.4) is 0 Å². The Balaban J connectivity index is 2.16. The van der Waals surface area contributed by atoms with Gasteiger partial charge in [-0.25, -0.2) is 4.79 Å². The summed E-state index contributed by atoms with van der Waals surface area (Å²) >= 11 is 0. The normalized spacial score (nSPS) is 10.0. The van der Waals surface area contributed by atoms with E-state index in [0.717, 1.165) is 0 Å². The molecule has 0 N–H and O–H groups in total. The molecule has 0 unspecified atom stereocenters. The first-order valence-electron chi connectivity index (χ1n) is 7.23. The Morgan fingerprint density at radius 1 is 0.792 bits per heavy atom. The molecule has 2 aromatic rings. The third kappa shape index (κ3) is 3.90. The maximum Gasteiger partial charge on any atom is 0.342 e. The Hall–Kier alpha value is -2.89. The fourth-order valence-corrected chi connectivity index (χ4v) is 2.18. The lowest BCUT2D eigenvalue weighted by atomic mass is 10.2. The van der Waals surface area contributed by atoms with E-state index in [1.165, 1.54) is 7.11 Å². The van der Waals surface area contributed by atoms with Crippen LogP contribution < -0.4 is 18.9 Å². The van der Waals surface area contributed by atoms with E-state index in [1.54, 1.807) is 57.7 Å². The summed E-state index contributed by atoms with van der Waals surface area (Å²) < 4.78 is 26.2. The highest BCUT2D eigenvalue weighted by atomic mass is 16.5. The van der Waals surface area contributed by atoms with Gasteiger partial charge < -0.3 is 23.7 Å². The molecule has 0 fully saturated rings. The summed E-state index contributed by atoms with van der Waals surface area (Å²) in [5, 5.41) is 0. The summed E-state index contributed by atoms with van der Waals surface area (Å²) in [5.41, 5.74) is 1.03. The fourth-order valence-electron chi connectivity index (χ4n) is 2.18. The van der Waals surface area contributed by atoms with Gasteiger partial charge in [-0.1, -0.05) is 0 Å². The molecule has 0 aliphatic heterocycles. The SMILES string of the molecule is COc1ccc(OC)c(COC(=O)c2ccc(OC)cc2OC)c1. The summed E-state index contributed by atoms with van der Waals surface area (Å²) in [7, 11) is 6.15. The molecule has 0 atom stereocenters. The van der Waals surface area contributed by atoms with Gasteiger partial charge in [0.2, 0.25) is 0 Å². The Morgan fingerprint density at radius 3 is 2.04 bits per heavy atom. The number of hydrogen-bond acceptors (Lipinski definition) is 6. The molecule has 2 aromatic carbocycles. The van der Waals surface area contributed by atoms with E-state index in [0.29, 0.717) is 34.1 Å². The Morgan fingerprint density at radius 2 is 1.42 bits per heavy atom. The predicted molar refractivity (Wildman–Crippen MR) is 88.2 cm³/mol. The third-order valence-corrected chi connectivity index (χ3v) is 3.47. The van der Waals surface area contributed by atoms with Gasteiger partial charge in [0.05, 0.1) is 28.4 Å². The van der Waals surface area contributed by atoms with Crippen LogP contribution in [0, 0.1) is 0 Å². The van der Waals surface area contributed by atoms with Gasteiger partial charge in [-0.2, -0.15) is 0 Å². The first-order valence-corrected chi connectivity index (χ1v) is 7.23. The van der Waals surface area contributed by atoms with Crippen LogP contribution in [-0.4, -0.2) is 34.4 Å². The second-order valence-corrected chi connectivity index (χ2v) is 4.82. The minimum atomic E-state index is -0.501. The molecule has 6 heteroatoms. The van der Waals surface area contributed by atoms with Crippen molar-refractivity contribution in [3.63, 3.8) is 0 Å². The van der Waals surface area contributed by atoms with Crippen molar-refractivity contribution in [1.29, 1.82) is 0 Å². The average Bonchev–Trinajstić information content (AvgIpc) is 2.65. The van der Waals surface area contributed by atoms with Crippen LogP contribution in [0.5, 0.6) is 23.0 Å². The van der Waals surface area contributed by atoms with Crippen LogP contribution in [0.1, 0.15) is 15.9 Å². The lowest BCUT2D eigenvalue weighted by Crippen LogP contribution is -2.08. The maximum absolute atomic E-state index is 12.3. The van der Waals surface area contributed by atoms with E-state index in [9.17, 15) is 4.79 Å². The zero-order valence-electron chi connectivity index (χ0n) is 14.1. The number of methoxy groups -OCH3 is 4. The number of rotatable bonds is 7. The van der Waals surface area contributed by atoms with E-state index in [4.69, 9.17) is 23.7 Å². The topological polar surface area (TPSA) is 63.2 Å². The van der Waals surface area contributed by atoms with Gasteiger partial charge in [-0.15, -0.1) is 0 Å². The van der Waals surface area contributed by atoms with Crippen LogP contribution in [0.2, 0.25) is 0 Å². The molecular formula is C18H20O6. The number of esters is 1. The van der Waals surface area contributed by atoms with Crippen molar-refractivity contribution in [2.75, 3.05) is 28.4 Å². The van der Waals surface area contributed by atoms with Crippen molar-refractivity contribution in [3.05, 3.63) is 47.5 Å². The monoisotopic (exact) mass is 332 g/mol. The summed E-state index contributed by atoms with van der Waals surface area (Å²) in [6, 6.07) is 10.2. The van der Waals surface area contributed by atoms with E-state index < -0.39 is 5.97 Å². The molecule has 0 bridgehead atoms. The minimum Gasteiger partial charge on any atom is -0.497 e. The Bertz CT molecular complexity index is 711. The van der Waals surface area contributed by atoms with Crippen molar-refractivity contribution in [3.8, 4) is 23.0 Å². The molecule has 24 heavy (non-hydrogen) atoms. The number of benzene rings is 2. The molecule has 0 spiro atoms. The van der Waals surface area contributed by atoms with Gasteiger partial charge in [-0.05, 0) is 30.3 Å². The number of carbonyl (C=O) groups excluding carboxylic acids is 1. The highest BCUT2D eigenvalue weighted by Gasteiger charge is 2.16. The van der Waals surface area contributed by atoms with Gasteiger partial charge in [0, 0.05) is 11.6 Å². The Kier molecular flexibility index (Phi) is 5.89. The van der Waals surface area contributed by atoms with Gasteiger partial charge in [0.25, 0.3) is 0 Å². The van der Waals surface area contributed by atoms with E-state index >= 15 is 0 Å². The third-order valence-electron chi connectivity index (χ3n) is 3.47. The highest BCUT2D eigenvalue weighted by Crippen LogP contribution is 2.27. The van der Waals surface area contributed by atoms with Crippen molar-refractivity contribution >= 4 is 5.97 Å². The maximum atomic E-state index is 12.3. The number of carbonyl (C=O) groups is 1. The molecule has 0 saturated carbocycles. The average molecular weight is 332 g/mol. The van der Waals surface area contributed by atoms with Crippen molar-refractivity contribution in [2.24, 2.45) is 0 Å². The zero-order chi connectivity index (χ0) is 17.5. The molecule has 128 valence electrons. The second-order valence-electron chi connectivity index (χ2n) is 4.82. The first kappa shape index (κ1) is 17.5. The van der Waals surface area contributed by atoms with Crippen molar-refractivity contribution < 1.29 is 28.5 Å². The molecule has 0 saturated heterocycles. The molecule has 0 aromatic heterocycles. The molecule has 0 aliphatic rings. The first-order chi connectivity index (χ1) is 11.6. The molecule has 6 nitrogen and oxygen atoms in total. The van der Waals surface area contributed by atoms with E-state index in [-0.39, 0.29) is 6.61 Å². The van der Waals surface area contributed by atoms with Gasteiger partial charge in [-0.3, -0.25) is 0 Å². The quantitative estimate of drug-likeness (QED) is 0.726. The molecule has 2 rings (SSSR count). The second kappa shape index (κ2) is 8.10. The molecule has 0 aliphatic carbocycles. The smallest absolute Gasteiger partial charge is 0.342 e. The number of hydrogen-bond donors (Lipinski definition) is 0. The predicted octanol–water partition coefficient (Wildman–Crippen LogP) is 3.08. The largest absolute Gasteiger partial charge is 0.497 e. The molecule has 0 amide bonds. The van der Waals surface area contributed by atoms with Crippen LogP contribution in [-0.2, 0) is 11.3 Å². The van der Waals surface area contributed by atoms with Crippen LogP contribution >= 0.6 is 0 Å². The lowest BCUT2D eigenvalue weighted by Gasteiger charge is -2.12. The summed E-state index contributed by atoms with van der Waals surface area (Å²) in [6.07, 6.45) is 0. The van der Waals surface area contributed by atoms with Crippen LogP contribution in [0.4, 0.5) is 0 Å². The number of ether oxygens (including phenoxy) is 5.